The summed E-state index contributed by atoms with van der Waals surface area (Å²) in [6.07, 6.45) is 11.2. The average molecular weight is 330 g/mol. The summed E-state index contributed by atoms with van der Waals surface area (Å²) in [5, 5.41) is 10.9. The predicted octanol–water partition coefficient (Wildman–Crippen LogP) is 4.12. The summed E-state index contributed by atoms with van der Waals surface area (Å²) < 4.78 is 11.9. The van der Waals surface area contributed by atoms with Gasteiger partial charge in [0.15, 0.2) is 5.79 Å². The van der Waals surface area contributed by atoms with Crippen LogP contribution in [0.15, 0.2) is 22.8 Å². The monoisotopic (exact) mass is 330 g/mol. The second kappa shape index (κ2) is 4.96. The third-order valence-corrected chi connectivity index (χ3v) is 8.21. The molecule has 4 unspecified atom stereocenters. The van der Waals surface area contributed by atoms with Crippen LogP contribution in [0.25, 0.3) is 0 Å². The highest BCUT2D eigenvalue weighted by Crippen LogP contribution is 2.62. The molecule has 4 atom stereocenters. The Morgan fingerprint density at radius 3 is 2.67 bits per heavy atom. The molecule has 0 radical (unpaired) electrons. The maximum absolute atomic E-state index is 10.9. The van der Waals surface area contributed by atoms with E-state index in [1.807, 2.05) is 0 Å². The lowest BCUT2D eigenvalue weighted by Crippen LogP contribution is -2.47. The summed E-state index contributed by atoms with van der Waals surface area (Å²) in [7, 11) is 0. The molecule has 1 saturated carbocycles. The standard InChI is InChI=1S/C21H30O3/c1-19-8-5-16-15-6-10-21(23-11-12-24-21)13-14(15)3-4-17(16)18(19)7-9-20(19,2)22/h5,17-18,22H,3-4,6-13H2,1-2H3. The summed E-state index contributed by atoms with van der Waals surface area (Å²) >= 11 is 0. The molecule has 0 bridgehead atoms. The van der Waals surface area contributed by atoms with Crippen molar-refractivity contribution in [1.82, 2.24) is 0 Å². The third-order valence-electron chi connectivity index (χ3n) is 8.21. The van der Waals surface area contributed by atoms with E-state index in [1.54, 1.807) is 16.7 Å². The van der Waals surface area contributed by atoms with E-state index in [-0.39, 0.29) is 11.2 Å². The zero-order valence-electron chi connectivity index (χ0n) is 15.1. The minimum absolute atomic E-state index is 0.0623. The Morgan fingerprint density at radius 1 is 1.08 bits per heavy atom. The normalized spacial score (nSPS) is 46.5. The Bertz CT molecular complexity index is 623. The maximum Gasteiger partial charge on any atom is 0.172 e. The first-order chi connectivity index (χ1) is 11.4. The van der Waals surface area contributed by atoms with E-state index in [2.05, 4.69) is 19.9 Å². The van der Waals surface area contributed by atoms with Gasteiger partial charge in [-0.1, -0.05) is 18.6 Å². The zero-order valence-corrected chi connectivity index (χ0v) is 15.1. The minimum atomic E-state index is -0.503. The van der Waals surface area contributed by atoms with E-state index in [4.69, 9.17) is 9.47 Å². The van der Waals surface area contributed by atoms with Crippen LogP contribution >= 0.6 is 0 Å². The number of hydrogen-bond acceptors (Lipinski definition) is 3. The molecule has 1 aliphatic heterocycles. The van der Waals surface area contributed by atoms with Gasteiger partial charge in [-0.3, -0.25) is 0 Å². The average Bonchev–Trinajstić information content (AvgIpc) is 3.10. The molecule has 0 aromatic carbocycles. The molecular formula is C21H30O3. The fourth-order valence-corrected chi connectivity index (χ4v) is 6.52. The van der Waals surface area contributed by atoms with Crippen molar-refractivity contribution >= 4 is 0 Å². The molecule has 4 aliphatic carbocycles. The summed E-state index contributed by atoms with van der Waals surface area (Å²) in [6.45, 7) is 5.91. The molecule has 1 spiro atoms. The quantitative estimate of drug-likeness (QED) is 0.726. The Hall–Kier alpha value is -0.640. The molecular weight excluding hydrogens is 300 g/mol. The van der Waals surface area contributed by atoms with Crippen LogP contribution in [0.1, 0.15) is 65.2 Å². The maximum atomic E-state index is 10.9. The second-order valence-electron chi connectivity index (χ2n) is 9.21. The van der Waals surface area contributed by atoms with E-state index in [0.717, 1.165) is 45.3 Å². The van der Waals surface area contributed by atoms with Gasteiger partial charge in [0, 0.05) is 18.3 Å². The molecule has 5 rings (SSSR count). The third kappa shape index (κ3) is 1.95. The van der Waals surface area contributed by atoms with Crippen molar-refractivity contribution in [2.24, 2.45) is 17.3 Å². The lowest BCUT2D eigenvalue weighted by molar-refractivity contribution is -0.164. The molecule has 2 fully saturated rings. The van der Waals surface area contributed by atoms with Gasteiger partial charge in [-0.15, -0.1) is 0 Å². The molecule has 3 nitrogen and oxygen atoms in total. The van der Waals surface area contributed by atoms with Crippen LogP contribution in [-0.4, -0.2) is 29.7 Å². The van der Waals surface area contributed by atoms with Crippen LogP contribution in [0.5, 0.6) is 0 Å². The van der Waals surface area contributed by atoms with Crippen LogP contribution in [0, 0.1) is 17.3 Å². The molecule has 0 amide bonds. The smallest absolute Gasteiger partial charge is 0.172 e. The molecule has 5 aliphatic rings. The van der Waals surface area contributed by atoms with Crippen LogP contribution < -0.4 is 0 Å². The highest BCUT2D eigenvalue weighted by atomic mass is 16.7. The van der Waals surface area contributed by atoms with Crippen LogP contribution in [-0.2, 0) is 9.47 Å². The summed E-state index contributed by atoms with van der Waals surface area (Å²) in [6, 6.07) is 0. The Kier molecular flexibility index (Phi) is 3.22. The Labute approximate surface area is 145 Å². The van der Waals surface area contributed by atoms with Crippen molar-refractivity contribution in [3.8, 4) is 0 Å². The van der Waals surface area contributed by atoms with Crippen molar-refractivity contribution in [1.29, 1.82) is 0 Å². The molecule has 1 N–H and O–H groups in total. The predicted molar refractivity (Wildman–Crippen MR) is 92.4 cm³/mol. The molecule has 24 heavy (non-hydrogen) atoms. The molecule has 132 valence electrons. The summed E-state index contributed by atoms with van der Waals surface area (Å²) in [4.78, 5) is 0. The zero-order chi connectivity index (χ0) is 16.6. The van der Waals surface area contributed by atoms with Gasteiger partial charge in [0.2, 0.25) is 0 Å². The first kappa shape index (κ1) is 15.6. The number of hydrogen-bond donors (Lipinski definition) is 1. The fourth-order valence-electron chi connectivity index (χ4n) is 6.52. The SMILES string of the molecule is CC1(O)CCC2C3CCC4=C(CCC5(C4)OCCO5)C3=CCC21C. The van der Waals surface area contributed by atoms with Crippen LogP contribution in [0.3, 0.4) is 0 Å². The first-order valence-corrected chi connectivity index (χ1v) is 9.86. The highest BCUT2D eigenvalue weighted by Gasteiger charge is 2.58. The van der Waals surface area contributed by atoms with Crippen LogP contribution in [0.2, 0.25) is 0 Å². The Balaban J connectivity index is 1.49. The minimum Gasteiger partial charge on any atom is -0.390 e. The Morgan fingerprint density at radius 2 is 1.88 bits per heavy atom. The fraction of sp³-hybridized carbons (Fsp3) is 0.810. The van der Waals surface area contributed by atoms with Crippen molar-refractivity contribution in [3.05, 3.63) is 22.8 Å². The van der Waals surface area contributed by atoms with Crippen molar-refractivity contribution in [3.63, 3.8) is 0 Å². The number of aliphatic hydroxyl groups is 1. The van der Waals surface area contributed by atoms with E-state index in [9.17, 15) is 5.11 Å². The van der Waals surface area contributed by atoms with Gasteiger partial charge in [-0.2, -0.15) is 0 Å². The molecule has 0 aromatic rings. The van der Waals surface area contributed by atoms with Gasteiger partial charge in [0.05, 0.1) is 18.8 Å². The van der Waals surface area contributed by atoms with Crippen molar-refractivity contribution in [2.45, 2.75) is 76.6 Å². The number of allylic oxidation sites excluding steroid dienone is 3. The summed E-state index contributed by atoms with van der Waals surface area (Å²) in [5.74, 6) is 1.01. The van der Waals surface area contributed by atoms with Gasteiger partial charge in [-0.05, 0) is 68.4 Å². The largest absolute Gasteiger partial charge is 0.390 e. The van der Waals surface area contributed by atoms with Gasteiger partial charge >= 0.3 is 0 Å². The van der Waals surface area contributed by atoms with Crippen molar-refractivity contribution < 1.29 is 14.6 Å². The lowest BCUT2D eigenvalue weighted by Gasteiger charge is -2.50. The summed E-state index contributed by atoms with van der Waals surface area (Å²) in [5.41, 5.74) is 4.41. The molecule has 3 heteroatoms. The van der Waals surface area contributed by atoms with E-state index >= 15 is 0 Å². The highest BCUT2D eigenvalue weighted by molar-refractivity contribution is 5.45. The van der Waals surface area contributed by atoms with E-state index < -0.39 is 5.60 Å². The number of fused-ring (bicyclic) bond motifs is 4. The molecule has 1 saturated heterocycles. The molecule has 0 aromatic heterocycles. The van der Waals surface area contributed by atoms with Crippen molar-refractivity contribution in [2.75, 3.05) is 13.2 Å². The van der Waals surface area contributed by atoms with Crippen LogP contribution in [0.4, 0.5) is 0 Å². The van der Waals surface area contributed by atoms with Gasteiger partial charge < -0.3 is 14.6 Å². The van der Waals surface area contributed by atoms with Gasteiger partial charge in [0.25, 0.3) is 0 Å². The van der Waals surface area contributed by atoms with E-state index in [1.165, 1.54) is 19.3 Å². The topological polar surface area (TPSA) is 38.7 Å². The molecule has 1 heterocycles. The first-order valence-electron chi connectivity index (χ1n) is 9.86. The number of rotatable bonds is 0. The lowest BCUT2D eigenvalue weighted by atomic mass is 9.56. The van der Waals surface area contributed by atoms with E-state index in [0.29, 0.717) is 11.8 Å². The second-order valence-corrected chi connectivity index (χ2v) is 9.21. The van der Waals surface area contributed by atoms with Gasteiger partial charge in [0.1, 0.15) is 0 Å². The number of ether oxygens (including phenoxy) is 2. The van der Waals surface area contributed by atoms with Gasteiger partial charge in [-0.25, -0.2) is 0 Å².